The first-order valence-electron chi connectivity index (χ1n) is 9.67. The molecule has 0 aromatic heterocycles. The number of nitrogens with zero attached hydrogens (tertiary/aromatic N) is 4. The SMILES string of the molecule is CCOC(=O)CN1c2ccccc2C2C1C=C(C#N)C(=O)N2c1ccc([N+](=O)[O-])cc1. The van der Waals surface area contributed by atoms with E-state index in [0.717, 1.165) is 11.3 Å². The van der Waals surface area contributed by atoms with Gasteiger partial charge in [-0.3, -0.25) is 24.6 Å². The van der Waals surface area contributed by atoms with Gasteiger partial charge in [0.25, 0.3) is 11.6 Å². The van der Waals surface area contributed by atoms with Gasteiger partial charge in [0.15, 0.2) is 0 Å². The lowest BCUT2D eigenvalue weighted by atomic mass is 9.93. The quantitative estimate of drug-likeness (QED) is 0.416. The molecule has 4 rings (SSSR count). The maximum Gasteiger partial charge on any atom is 0.325 e. The molecule has 0 radical (unpaired) electrons. The zero-order valence-electron chi connectivity index (χ0n) is 16.6. The number of esters is 1. The summed E-state index contributed by atoms with van der Waals surface area (Å²) < 4.78 is 5.11. The Balaban J connectivity index is 1.83. The van der Waals surface area contributed by atoms with Crippen molar-refractivity contribution >= 4 is 28.9 Å². The lowest BCUT2D eigenvalue weighted by molar-refractivity contribution is -0.384. The number of anilines is 2. The zero-order chi connectivity index (χ0) is 22.1. The lowest BCUT2D eigenvalue weighted by Crippen LogP contribution is -2.49. The van der Waals surface area contributed by atoms with Crippen molar-refractivity contribution < 1.29 is 19.2 Å². The lowest BCUT2D eigenvalue weighted by Gasteiger charge is -2.38. The zero-order valence-corrected chi connectivity index (χ0v) is 16.6. The van der Waals surface area contributed by atoms with Gasteiger partial charge in [-0.25, -0.2) is 0 Å². The molecule has 0 saturated carbocycles. The van der Waals surface area contributed by atoms with Crippen LogP contribution in [0.4, 0.5) is 17.1 Å². The second-order valence-corrected chi connectivity index (χ2v) is 7.07. The van der Waals surface area contributed by atoms with Crippen LogP contribution in [-0.2, 0) is 14.3 Å². The number of rotatable bonds is 5. The topological polar surface area (TPSA) is 117 Å². The summed E-state index contributed by atoms with van der Waals surface area (Å²) in [5.74, 6) is -0.908. The van der Waals surface area contributed by atoms with Crippen LogP contribution in [0, 0.1) is 21.4 Å². The Hall–Kier alpha value is -4.19. The fraction of sp³-hybridized carbons (Fsp3) is 0.227. The first-order chi connectivity index (χ1) is 15.0. The molecule has 156 valence electrons. The van der Waals surface area contributed by atoms with E-state index < -0.39 is 28.9 Å². The van der Waals surface area contributed by atoms with Crippen molar-refractivity contribution in [3.8, 4) is 6.07 Å². The van der Waals surface area contributed by atoms with E-state index in [1.54, 1.807) is 13.0 Å². The fourth-order valence-electron chi connectivity index (χ4n) is 4.12. The third-order valence-electron chi connectivity index (χ3n) is 5.38. The molecule has 2 aromatic carbocycles. The molecule has 2 aliphatic heterocycles. The Kier molecular flexibility index (Phi) is 5.13. The van der Waals surface area contributed by atoms with Gasteiger partial charge in [0.05, 0.1) is 23.6 Å². The average molecular weight is 418 g/mol. The minimum Gasteiger partial charge on any atom is -0.465 e. The Labute approximate surface area is 177 Å². The maximum atomic E-state index is 13.2. The number of nitro groups is 1. The number of nitriles is 1. The number of hydrogen-bond donors (Lipinski definition) is 0. The van der Waals surface area contributed by atoms with Gasteiger partial charge in [-0.2, -0.15) is 5.26 Å². The molecule has 0 aliphatic carbocycles. The van der Waals surface area contributed by atoms with Crippen molar-refractivity contribution in [1.29, 1.82) is 5.26 Å². The van der Waals surface area contributed by atoms with Gasteiger partial charge >= 0.3 is 5.97 Å². The van der Waals surface area contributed by atoms with E-state index in [9.17, 15) is 25.0 Å². The molecule has 31 heavy (non-hydrogen) atoms. The third-order valence-corrected chi connectivity index (χ3v) is 5.38. The number of nitro benzene ring substituents is 1. The van der Waals surface area contributed by atoms with Crippen LogP contribution in [0.1, 0.15) is 18.5 Å². The minimum absolute atomic E-state index is 0.0382. The molecule has 2 aromatic rings. The Morgan fingerprint density at radius 3 is 2.58 bits per heavy atom. The highest BCUT2D eigenvalue weighted by Crippen LogP contribution is 2.47. The van der Waals surface area contributed by atoms with E-state index in [2.05, 4.69) is 0 Å². The molecule has 0 N–H and O–H groups in total. The summed E-state index contributed by atoms with van der Waals surface area (Å²) in [6, 6.07) is 14.0. The minimum atomic E-state index is -0.517. The molecule has 9 heteroatoms. The second kappa shape index (κ2) is 7.91. The number of amides is 1. The summed E-state index contributed by atoms with van der Waals surface area (Å²) >= 11 is 0. The van der Waals surface area contributed by atoms with Gasteiger partial charge in [-0.05, 0) is 31.2 Å². The van der Waals surface area contributed by atoms with Crippen LogP contribution in [0.25, 0.3) is 0 Å². The van der Waals surface area contributed by atoms with Crippen LogP contribution < -0.4 is 9.80 Å². The highest BCUT2D eigenvalue weighted by Gasteiger charge is 2.47. The van der Waals surface area contributed by atoms with Crippen molar-refractivity contribution in [3.63, 3.8) is 0 Å². The summed E-state index contributed by atoms with van der Waals surface area (Å²) in [6.07, 6.45) is 1.58. The molecule has 2 heterocycles. The predicted molar refractivity (Wildman–Crippen MR) is 111 cm³/mol. The molecule has 0 saturated heterocycles. The van der Waals surface area contributed by atoms with E-state index >= 15 is 0 Å². The highest BCUT2D eigenvalue weighted by atomic mass is 16.6. The van der Waals surface area contributed by atoms with E-state index in [1.807, 2.05) is 35.2 Å². The second-order valence-electron chi connectivity index (χ2n) is 7.07. The van der Waals surface area contributed by atoms with Crippen molar-refractivity contribution in [2.24, 2.45) is 0 Å². The number of benzene rings is 2. The molecule has 2 atom stereocenters. The molecule has 2 unspecified atom stereocenters. The van der Waals surface area contributed by atoms with E-state index in [0.29, 0.717) is 5.69 Å². The Morgan fingerprint density at radius 2 is 1.94 bits per heavy atom. The first kappa shape index (κ1) is 20.1. The van der Waals surface area contributed by atoms with Gasteiger partial charge in [-0.15, -0.1) is 0 Å². The molecule has 9 nitrogen and oxygen atoms in total. The molecule has 1 amide bonds. The number of non-ortho nitro benzene ring substituents is 1. The fourth-order valence-corrected chi connectivity index (χ4v) is 4.12. The number of hydrogen-bond acceptors (Lipinski definition) is 7. The number of fused-ring (bicyclic) bond motifs is 3. The van der Waals surface area contributed by atoms with Gasteiger partial charge < -0.3 is 9.64 Å². The normalized spacial score (nSPS) is 19.2. The summed E-state index contributed by atoms with van der Waals surface area (Å²) in [5.41, 5.74) is 1.86. The van der Waals surface area contributed by atoms with Crippen molar-refractivity contribution in [1.82, 2.24) is 0 Å². The molecular formula is C22H18N4O5. The molecule has 0 bridgehead atoms. The highest BCUT2D eigenvalue weighted by molar-refractivity contribution is 6.10. The van der Waals surface area contributed by atoms with E-state index in [-0.39, 0.29) is 24.4 Å². The van der Waals surface area contributed by atoms with Gasteiger partial charge in [0, 0.05) is 29.1 Å². The maximum absolute atomic E-state index is 13.2. The molecular weight excluding hydrogens is 400 g/mol. The smallest absolute Gasteiger partial charge is 0.325 e. The number of carbonyl (C=O) groups is 2. The predicted octanol–water partition coefficient (Wildman–Crippen LogP) is 2.88. The largest absolute Gasteiger partial charge is 0.465 e. The van der Waals surface area contributed by atoms with E-state index in [1.165, 1.54) is 29.2 Å². The van der Waals surface area contributed by atoms with Crippen LogP contribution in [0.2, 0.25) is 0 Å². The number of carbonyl (C=O) groups excluding carboxylic acids is 2. The van der Waals surface area contributed by atoms with Crippen LogP contribution in [0.15, 0.2) is 60.2 Å². The van der Waals surface area contributed by atoms with Crippen LogP contribution in [-0.4, -0.2) is 36.0 Å². The monoisotopic (exact) mass is 418 g/mol. The third kappa shape index (κ3) is 3.38. The molecule has 2 aliphatic rings. The summed E-state index contributed by atoms with van der Waals surface area (Å²) in [4.78, 5) is 39.2. The van der Waals surface area contributed by atoms with Crippen molar-refractivity contribution in [2.75, 3.05) is 23.0 Å². The van der Waals surface area contributed by atoms with Crippen LogP contribution in [0.3, 0.4) is 0 Å². The first-order valence-corrected chi connectivity index (χ1v) is 9.67. The van der Waals surface area contributed by atoms with Crippen molar-refractivity contribution in [2.45, 2.75) is 19.0 Å². The summed E-state index contributed by atoms with van der Waals surface area (Å²) in [5, 5.41) is 20.6. The summed E-state index contributed by atoms with van der Waals surface area (Å²) in [7, 11) is 0. The van der Waals surface area contributed by atoms with Crippen molar-refractivity contribution in [3.05, 3.63) is 75.9 Å². The van der Waals surface area contributed by atoms with Crippen LogP contribution in [0.5, 0.6) is 0 Å². The summed E-state index contributed by atoms with van der Waals surface area (Å²) in [6.45, 7) is 1.93. The Bertz CT molecular complexity index is 1140. The van der Waals surface area contributed by atoms with Gasteiger partial charge in [0.1, 0.15) is 18.2 Å². The van der Waals surface area contributed by atoms with Gasteiger partial charge in [0.2, 0.25) is 0 Å². The number of para-hydroxylation sites is 1. The standard InChI is InChI=1S/C22H18N4O5/c1-2-31-20(27)13-24-18-6-4-3-5-17(18)21-19(24)11-14(12-23)22(28)25(21)15-7-9-16(10-8-15)26(29)30/h3-11,19,21H,2,13H2,1H3. The average Bonchev–Trinajstić information content (AvgIpc) is 3.07. The molecule has 0 spiro atoms. The van der Waals surface area contributed by atoms with Gasteiger partial charge in [-0.1, -0.05) is 18.2 Å². The molecule has 0 fully saturated rings. The van der Waals surface area contributed by atoms with E-state index in [4.69, 9.17) is 4.74 Å². The Morgan fingerprint density at radius 1 is 1.23 bits per heavy atom. The van der Waals surface area contributed by atoms with Crippen LogP contribution >= 0.6 is 0 Å². The number of ether oxygens (including phenoxy) is 1.